The van der Waals surface area contributed by atoms with Gasteiger partial charge >= 0.3 is 5.97 Å². The normalized spacial score (nSPS) is 45.5. The van der Waals surface area contributed by atoms with Gasteiger partial charge in [-0.1, -0.05) is 18.2 Å². The molecule has 0 saturated heterocycles. The first kappa shape index (κ1) is 9.16. The lowest BCUT2D eigenvalue weighted by Crippen LogP contribution is -2.23. The number of carbonyl (C=O) groups excluding carboxylic acids is 1. The second-order valence-corrected chi connectivity index (χ2v) is 4.65. The minimum Gasteiger partial charge on any atom is -0.466 e. The fourth-order valence-corrected chi connectivity index (χ4v) is 3.46. The number of esters is 1. The Kier molecular flexibility index (Phi) is 1.80. The topological polar surface area (TPSA) is 46.5 Å². The maximum atomic E-state index is 11.6. The first-order valence-electron chi connectivity index (χ1n) is 5.39. The van der Waals surface area contributed by atoms with Crippen LogP contribution < -0.4 is 0 Å². The van der Waals surface area contributed by atoms with E-state index in [1.807, 2.05) is 6.08 Å². The molecule has 0 aromatic heterocycles. The van der Waals surface area contributed by atoms with Gasteiger partial charge in [0.15, 0.2) is 0 Å². The number of hydrogen-bond acceptors (Lipinski definition) is 3. The van der Waals surface area contributed by atoms with E-state index in [1.165, 1.54) is 7.11 Å². The van der Waals surface area contributed by atoms with Gasteiger partial charge in [-0.3, -0.25) is 0 Å². The van der Waals surface area contributed by atoms with E-state index in [4.69, 9.17) is 4.74 Å². The van der Waals surface area contributed by atoms with Gasteiger partial charge in [-0.2, -0.15) is 0 Å². The molecule has 80 valence electrons. The van der Waals surface area contributed by atoms with Crippen molar-refractivity contribution in [1.29, 1.82) is 0 Å². The summed E-state index contributed by atoms with van der Waals surface area (Å²) < 4.78 is 4.76. The third-order valence-corrected chi connectivity index (χ3v) is 4.01. The minimum absolute atomic E-state index is 0.00227. The van der Waals surface area contributed by atoms with Crippen molar-refractivity contribution in [3.8, 4) is 0 Å². The molecule has 0 spiro atoms. The summed E-state index contributed by atoms with van der Waals surface area (Å²) in [7, 11) is 1.39. The van der Waals surface area contributed by atoms with E-state index in [0.717, 1.165) is 6.42 Å². The molecule has 3 aliphatic carbocycles. The molecule has 15 heavy (non-hydrogen) atoms. The maximum absolute atomic E-state index is 11.6. The van der Waals surface area contributed by atoms with Crippen LogP contribution in [0.25, 0.3) is 0 Å². The molecule has 0 heterocycles. The molecular formula is C12H14O3. The van der Waals surface area contributed by atoms with Crippen LogP contribution in [0.1, 0.15) is 6.42 Å². The summed E-state index contributed by atoms with van der Waals surface area (Å²) in [5, 5.41) is 9.95. The Morgan fingerprint density at radius 2 is 2.33 bits per heavy atom. The van der Waals surface area contributed by atoms with E-state index < -0.39 is 0 Å². The second-order valence-electron chi connectivity index (χ2n) is 4.65. The van der Waals surface area contributed by atoms with E-state index in [-0.39, 0.29) is 18.0 Å². The quantitative estimate of drug-likeness (QED) is 0.512. The third kappa shape index (κ3) is 1.07. The van der Waals surface area contributed by atoms with Crippen molar-refractivity contribution in [3.63, 3.8) is 0 Å². The molecule has 0 aromatic rings. The number of methoxy groups -OCH3 is 1. The number of allylic oxidation sites excluding steroid dienone is 3. The fourth-order valence-electron chi connectivity index (χ4n) is 3.46. The summed E-state index contributed by atoms with van der Waals surface area (Å²) in [4.78, 5) is 11.6. The van der Waals surface area contributed by atoms with E-state index in [1.54, 1.807) is 0 Å². The predicted molar refractivity (Wildman–Crippen MR) is 53.8 cm³/mol. The van der Waals surface area contributed by atoms with Crippen molar-refractivity contribution in [2.75, 3.05) is 7.11 Å². The lowest BCUT2D eigenvalue weighted by atomic mass is 9.88. The van der Waals surface area contributed by atoms with Crippen LogP contribution in [0.2, 0.25) is 0 Å². The largest absolute Gasteiger partial charge is 0.466 e. The summed E-state index contributed by atoms with van der Waals surface area (Å²) in [6, 6.07) is 0. The first-order chi connectivity index (χ1) is 7.22. The molecule has 0 amide bonds. The molecule has 3 rings (SSSR count). The Morgan fingerprint density at radius 3 is 3.07 bits per heavy atom. The Labute approximate surface area is 88.4 Å². The zero-order chi connectivity index (χ0) is 10.6. The number of aliphatic hydroxyl groups excluding tert-OH is 1. The molecule has 0 bridgehead atoms. The number of rotatable bonds is 1. The zero-order valence-electron chi connectivity index (χ0n) is 8.59. The monoisotopic (exact) mass is 206 g/mol. The predicted octanol–water partition coefficient (Wildman–Crippen LogP) is 0.899. The molecule has 3 aliphatic rings. The van der Waals surface area contributed by atoms with Crippen LogP contribution in [0.15, 0.2) is 23.8 Å². The standard InChI is InChI=1S/C12H14O3/c1-15-12(14)8-4-6-2-3-7-5-9(13)11(8)10(6)7/h2-4,6-7,9-11,13H,5H2,1H3/t6-,7+,9-,10+,11-/m0/s1. The summed E-state index contributed by atoms with van der Waals surface area (Å²) >= 11 is 0. The fraction of sp³-hybridized carbons (Fsp3) is 0.583. The highest BCUT2D eigenvalue weighted by atomic mass is 16.5. The molecule has 3 heteroatoms. The molecule has 0 unspecified atom stereocenters. The molecule has 0 radical (unpaired) electrons. The summed E-state index contributed by atoms with van der Waals surface area (Å²) in [6.07, 6.45) is 6.73. The number of ether oxygens (including phenoxy) is 1. The molecule has 3 nitrogen and oxygen atoms in total. The number of carbonyl (C=O) groups is 1. The van der Waals surface area contributed by atoms with E-state index >= 15 is 0 Å². The highest BCUT2D eigenvalue weighted by Gasteiger charge is 2.53. The average Bonchev–Trinajstić information content (AvgIpc) is 2.83. The van der Waals surface area contributed by atoms with Crippen LogP contribution in [0.4, 0.5) is 0 Å². The van der Waals surface area contributed by atoms with Gasteiger partial charge in [-0.15, -0.1) is 0 Å². The third-order valence-electron chi connectivity index (χ3n) is 4.01. The van der Waals surface area contributed by atoms with Crippen molar-refractivity contribution in [1.82, 2.24) is 0 Å². The van der Waals surface area contributed by atoms with Crippen molar-refractivity contribution in [2.24, 2.45) is 23.7 Å². The molecular weight excluding hydrogens is 192 g/mol. The van der Waals surface area contributed by atoms with Crippen LogP contribution in [0.3, 0.4) is 0 Å². The Hall–Kier alpha value is -1.09. The van der Waals surface area contributed by atoms with Gasteiger partial charge < -0.3 is 9.84 Å². The number of hydrogen-bond donors (Lipinski definition) is 1. The van der Waals surface area contributed by atoms with Crippen LogP contribution in [-0.2, 0) is 9.53 Å². The number of aliphatic hydroxyl groups is 1. The van der Waals surface area contributed by atoms with E-state index in [2.05, 4.69) is 12.2 Å². The summed E-state index contributed by atoms with van der Waals surface area (Å²) in [6.45, 7) is 0. The maximum Gasteiger partial charge on any atom is 0.333 e. The van der Waals surface area contributed by atoms with Crippen LogP contribution >= 0.6 is 0 Å². The van der Waals surface area contributed by atoms with Crippen LogP contribution in [0.5, 0.6) is 0 Å². The van der Waals surface area contributed by atoms with Gasteiger partial charge in [0.05, 0.1) is 13.2 Å². The molecule has 1 saturated carbocycles. The Morgan fingerprint density at radius 1 is 1.53 bits per heavy atom. The van der Waals surface area contributed by atoms with Crippen LogP contribution in [0, 0.1) is 23.7 Å². The van der Waals surface area contributed by atoms with Crippen molar-refractivity contribution in [3.05, 3.63) is 23.8 Å². The lowest BCUT2D eigenvalue weighted by Gasteiger charge is -2.18. The highest BCUT2D eigenvalue weighted by Crippen LogP contribution is 2.54. The summed E-state index contributed by atoms with van der Waals surface area (Å²) in [5.41, 5.74) is 0.687. The molecule has 1 fully saturated rings. The van der Waals surface area contributed by atoms with Gasteiger partial charge in [-0.25, -0.2) is 4.79 Å². The van der Waals surface area contributed by atoms with E-state index in [9.17, 15) is 9.90 Å². The molecule has 1 N–H and O–H groups in total. The van der Waals surface area contributed by atoms with Crippen molar-refractivity contribution >= 4 is 5.97 Å². The highest BCUT2D eigenvalue weighted by molar-refractivity contribution is 5.90. The second kappa shape index (κ2) is 2.95. The smallest absolute Gasteiger partial charge is 0.333 e. The van der Waals surface area contributed by atoms with Gasteiger partial charge in [0.1, 0.15) is 0 Å². The van der Waals surface area contributed by atoms with Gasteiger partial charge in [0.2, 0.25) is 0 Å². The van der Waals surface area contributed by atoms with E-state index in [0.29, 0.717) is 23.3 Å². The average molecular weight is 206 g/mol. The van der Waals surface area contributed by atoms with Gasteiger partial charge in [0.25, 0.3) is 0 Å². The van der Waals surface area contributed by atoms with Crippen molar-refractivity contribution in [2.45, 2.75) is 12.5 Å². The lowest BCUT2D eigenvalue weighted by molar-refractivity contribution is -0.137. The molecule has 5 atom stereocenters. The molecule has 0 aromatic carbocycles. The summed E-state index contributed by atoms with van der Waals surface area (Å²) in [5.74, 6) is 0.929. The zero-order valence-corrected chi connectivity index (χ0v) is 8.59. The Balaban J connectivity index is 1.98. The van der Waals surface area contributed by atoms with Crippen LogP contribution in [-0.4, -0.2) is 24.3 Å². The van der Waals surface area contributed by atoms with Crippen molar-refractivity contribution < 1.29 is 14.6 Å². The van der Waals surface area contributed by atoms with Gasteiger partial charge in [0, 0.05) is 11.5 Å². The first-order valence-corrected chi connectivity index (χ1v) is 5.39. The minimum atomic E-state index is -0.375. The molecule has 0 aliphatic heterocycles. The Bertz CT molecular complexity index is 369. The van der Waals surface area contributed by atoms with Gasteiger partial charge in [-0.05, 0) is 24.2 Å². The SMILES string of the molecule is COC(=O)C1=C[C@@H]2C=C[C@@H]3C[C@H](O)[C@H]1[C@H]23.